The second-order valence-corrected chi connectivity index (χ2v) is 6.00. The van der Waals surface area contributed by atoms with Crippen LogP contribution in [0.4, 0.5) is 21.7 Å². The largest absolute Gasteiger partial charge is 0.363 e. The summed E-state index contributed by atoms with van der Waals surface area (Å²) in [6.45, 7) is 0. The standard InChI is InChI=1S/C19H14FN5O3/c1-25-15-7-4-12(20)10-14(15)22-17(19(25)27)21-13-5-2-11(3-6-13)18(26)23-16-8-9-28-24-16/h2-10H,1H3,(H,21,22)(H,23,24,26). The normalized spacial score (nSPS) is 10.8. The van der Waals surface area contributed by atoms with E-state index in [1.54, 1.807) is 31.3 Å². The zero-order chi connectivity index (χ0) is 19.7. The summed E-state index contributed by atoms with van der Waals surface area (Å²) in [7, 11) is 1.59. The number of aromatic nitrogens is 3. The minimum atomic E-state index is -0.438. The summed E-state index contributed by atoms with van der Waals surface area (Å²) in [4.78, 5) is 28.9. The SMILES string of the molecule is Cn1c(=O)c(Nc2ccc(C(=O)Nc3ccon3)cc2)nc2cc(F)ccc21. The lowest BCUT2D eigenvalue weighted by Gasteiger charge is -2.10. The number of aryl methyl sites for hydroxylation is 1. The zero-order valence-corrected chi connectivity index (χ0v) is 14.6. The molecule has 9 heteroatoms. The molecule has 28 heavy (non-hydrogen) atoms. The molecular weight excluding hydrogens is 365 g/mol. The van der Waals surface area contributed by atoms with E-state index >= 15 is 0 Å². The second kappa shape index (κ2) is 6.95. The molecule has 4 aromatic rings. The number of nitrogens with one attached hydrogen (secondary N) is 2. The molecule has 1 amide bonds. The van der Waals surface area contributed by atoms with Crippen LogP contribution in [0.1, 0.15) is 10.4 Å². The maximum atomic E-state index is 13.5. The fraction of sp³-hybridized carbons (Fsp3) is 0.0526. The Morgan fingerprint density at radius 1 is 1.14 bits per heavy atom. The highest BCUT2D eigenvalue weighted by Crippen LogP contribution is 2.17. The molecule has 0 aliphatic heterocycles. The monoisotopic (exact) mass is 379 g/mol. The van der Waals surface area contributed by atoms with Crippen molar-refractivity contribution < 1.29 is 13.7 Å². The zero-order valence-electron chi connectivity index (χ0n) is 14.6. The van der Waals surface area contributed by atoms with Crippen molar-refractivity contribution in [2.24, 2.45) is 7.05 Å². The van der Waals surface area contributed by atoms with E-state index in [2.05, 4.69) is 25.3 Å². The quantitative estimate of drug-likeness (QED) is 0.565. The van der Waals surface area contributed by atoms with Crippen LogP contribution >= 0.6 is 0 Å². The summed E-state index contributed by atoms with van der Waals surface area (Å²) in [5.74, 6) is -0.425. The van der Waals surface area contributed by atoms with E-state index in [4.69, 9.17) is 0 Å². The third kappa shape index (κ3) is 3.32. The number of hydrogen-bond acceptors (Lipinski definition) is 6. The van der Waals surface area contributed by atoms with E-state index in [0.717, 1.165) is 0 Å². The minimum Gasteiger partial charge on any atom is -0.363 e. The molecular formula is C19H14FN5O3. The number of anilines is 3. The molecule has 0 aliphatic rings. The van der Waals surface area contributed by atoms with Crippen LogP contribution < -0.4 is 16.2 Å². The smallest absolute Gasteiger partial charge is 0.293 e. The molecule has 2 heterocycles. The Morgan fingerprint density at radius 3 is 2.64 bits per heavy atom. The molecule has 2 aromatic heterocycles. The Morgan fingerprint density at radius 2 is 1.93 bits per heavy atom. The van der Waals surface area contributed by atoms with Crippen LogP contribution in [0.3, 0.4) is 0 Å². The first-order valence-electron chi connectivity index (χ1n) is 8.26. The average molecular weight is 379 g/mol. The van der Waals surface area contributed by atoms with Gasteiger partial charge in [-0.05, 0) is 36.4 Å². The van der Waals surface area contributed by atoms with Crippen LogP contribution in [0.5, 0.6) is 0 Å². The predicted octanol–water partition coefficient (Wildman–Crippen LogP) is 3.06. The molecule has 0 spiro atoms. The van der Waals surface area contributed by atoms with Crippen molar-refractivity contribution in [1.29, 1.82) is 0 Å². The van der Waals surface area contributed by atoms with Gasteiger partial charge in [0, 0.05) is 30.4 Å². The second-order valence-electron chi connectivity index (χ2n) is 6.00. The van der Waals surface area contributed by atoms with Crippen LogP contribution in [0.2, 0.25) is 0 Å². The van der Waals surface area contributed by atoms with Gasteiger partial charge in [-0.2, -0.15) is 0 Å². The first-order valence-corrected chi connectivity index (χ1v) is 8.26. The fourth-order valence-electron chi connectivity index (χ4n) is 2.69. The van der Waals surface area contributed by atoms with Crippen molar-refractivity contribution in [3.63, 3.8) is 0 Å². The number of benzene rings is 2. The first kappa shape index (κ1) is 17.4. The van der Waals surface area contributed by atoms with Gasteiger partial charge < -0.3 is 19.7 Å². The Bertz CT molecular complexity index is 1220. The summed E-state index contributed by atoms with van der Waals surface area (Å²) >= 11 is 0. The number of amides is 1. The van der Waals surface area contributed by atoms with Crippen LogP contribution in [0.15, 0.2) is 64.1 Å². The Labute approximate surface area is 157 Å². The van der Waals surface area contributed by atoms with Gasteiger partial charge in [0.1, 0.15) is 12.1 Å². The summed E-state index contributed by atoms with van der Waals surface area (Å²) in [6.07, 6.45) is 1.35. The molecule has 0 atom stereocenters. The summed E-state index contributed by atoms with van der Waals surface area (Å²) in [5.41, 5.74) is 1.48. The van der Waals surface area contributed by atoms with Gasteiger partial charge >= 0.3 is 0 Å². The van der Waals surface area contributed by atoms with Crippen molar-refractivity contribution in [2.45, 2.75) is 0 Å². The molecule has 0 aliphatic carbocycles. The molecule has 0 bridgehead atoms. The van der Waals surface area contributed by atoms with Crippen molar-refractivity contribution in [3.8, 4) is 0 Å². The fourth-order valence-corrected chi connectivity index (χ4v) is 2.69. The van der Waals surface area contributed by atoms with Crippen LogP contribution in [0, 0.1) is 5.82 Å². The number of rotatable bonds is 4. The van der Waals surface area contributed by atoms with E-state index in [-0.39, 0.29) is 17.3 Å². The molecule has 2 aromatic carbocycles. The molecule has 140 valence electrons. The highest BCUT2D eigenvalue weighted by molar-refractivity contribution is 6.03. The lowest BCUT2D eigenvalue weighted by Crippen LogP contribution is -2.22. The predicted molar refractivity (Wildman–Crippen MR) is 101 cm³/mol. The third-order valence-electron chi connectivity index (χ3n) is 4.13. The molecule has 0 fully saturated rings. The Balaban J connectivity index is 1.58. The Hall–Kier alpha value is -4.01. The van der Waals surface area contributed by atoms with Gasteiger partial charge in [-0.25, -0.2) is 9.37 Å². The minimum absolute atomic E-state index is 0.0559. The van der Waals surface area contributed by atoms with Crippen LogP contribution in [-0.4, -0.2) is 20.6 Å². The van der Waals surface area contributed by atoms with Gasteiger partial charge in [0.2, 0.25) is 0 Å². The van der Waals surface area contributed by atoms with Crippen molar-refractivity contribution in [1.82, 2.24) is 14.7 Å². The van der Waals surface area contributed by atoms with Gasteiger partial charge in [-0.15, -0.1) is 0 Å². The lowest BCUT2D eigenvalue weighted by atomic mass is 10.2. The maximum Gasteiger partial charge on any atom is 0.293 e. The summed E-state index contributed by atoms with van der Waals surface area (Å²) in [5, 5.41) is 9.11. The van der Waals surface area contributed by atoms with Gasteiger partial charge in [0.15, 0.2) is 11.6 Å². The van der Waals surface area contributed by atoms with E-state index in [1.165, 1.54) is 35.1 Å². The number of carbonyl (C=O) groups is 1. The Kier molecular flexibility index (Phi) is 4.32. The summed E-state index contributed by atoms with van der Waals surface area (Å²) in [6, 6.07) is 12.0. The van der Waals surface area contributed by atoms with E-state index in [9.17, 15) is 14.0 Å². The molecule has 0 saturated carbocycles. The van der Waals surface area contributed by atoms with Crippen LogP contribution in [0.25, 0.3) is 11.0 Å². The molecule has 8 nitrogen and oxygen atoms in total. The molecule has 2 N–H and O–H groups in total. The number of carbonyl (C=O) groups excluding carboxylic acids is 1. The number of nitrogens with zero attached hydrogens (tertiary/aromatic N) is 3. The van der Waals surface area contributed by atoms with Gasteiger partial charge in [0.25, 0.3) is 11.5 Å². The number of halogens is 1. The van der Waals surface area contributed by atoms with Crippen molar-refractivity contribution in [2.75, 3.05) is 10.6 Å². The number of hydrogen-bond donors (Lipinski definition) is 2. The highest BCUT2D eigenvalue weighted by atomic mass is 19.1. The third-order valence-corrected chi connectivity index (χ3v) is 4.13. The van der Waals surface area contributed by atoms with E-state index < -0.39 is 5.82 Å². The molecule has 0 saturated heterocycles. The van der Waals surface area contributed by atoms with Crippen molar-refractivity contribution in [3.05, 3.63) is 76.5 Å². The molecule has 0 unspecified atom stereocenters. The van der Waals surface area contributed by atoms with Crippen molar-refractivity contribution >= 4 is 34.3 Å². The average Bonchev–Trinajstić information content (AvgIpc) is 3.19. The van der Waals surface area contributed by atoms with Crippen LogP contribution in [-0.2, 0) is 7.05 Å². The van der Waals surface area contributed by atoms with E-state index in [1.807, 2.05) is 0 Å². The first-order chi connectivity index (χ1) is 13.5. The number of fused-ring (bicyclic) bond motifs is 1. The van der Waals surface area contributed by atoms with Gasteiger partial charge in [-0.3, -0.25) is 9.59 Å². The molecule has 0 radical (unpaired) electrons. The molecule has 4 rings (SSSR count). The van der Waals surface area contributed by atoms with Gasteiger partial charge in [-0.1, -0.05) is 5.16 Å². The topological polar surface area (TPSA) is 102 Å². The highest BCUT2D eigenvalue weighted by Gasteiger charge is 2.11. The van der Waals surface area contributed by atoms with E-state index in [0.29, 0.717) is 28.1 Å². The maximum absolute atomic E-state index is 13.5. The lowest BCUT2D eigenvalue weighted by molar-refractivity contribution is 0.102. The van der Waals surface area contributed by atoms with Gasteiger partial charge in [0.05, 0.1) is 11.0 Å². The summed E-state index contributed by atoms with van der Waals surface area (Å²) < 4.78 is 19.5.